The molecule has 2 aromatic rings. The van der Waals surface area contributed by atoms with Crippen LogP contribution in [0.2, 0.25) is 0 Å². The maximum Gasteiger partial charge on any atom is 0.162 e. The molecule has 0 atom stereocenters. The first-order valence-electron chi connectivity index (χ1n) is 6.47. The first-order valence-corrected chi connectivity index (χ1v) is 6.47. The van der Waals surface area contributed by atoms with Crippen LogP contribution in [-0.2, 0) is 11.3 Å². The summed E-state index contributed by atoms with van der Waals surface area (Å²) in [6.07, 6.45) is 0. The molecule has 0 saturated heterocycles. The number of methoxy groups -OCH3 is 1. The van der Waals surface area contributed by atoms with Gasteiger partial charge in [-0.15, -0.1) is 0 Å². The molecule has 0 unspecified atom stereocenters. The molecule has 0 bridgehead atoms. The molecule has 0 saturated carbocycles. The molecule has 0 spiro atoms. The van der Waals surface area contributed by atoms with E-state index < -0.39 is 0 Å². The Morgan fingerprint density at radius 1 is 1.05 bits per heavy atom. The zero-order valence-corrected chi connectivity index (χ0v) is 12.3. The van der Waals surface area contributed by atoms with E-state index in [2.05, 4.69) is 48.3 Å². The van der Waals surface area contributed by atoms with Crippen LogP contribution in [0.15, 0.2) is 18.2 Å². The van der Waals surface area contributed by atoms with Crippen LogP contribution in [0, 0.1) is 20.8 Å². The lowest BCUT2D eigenvalue weighted by molar-refractivity contribution is 0.181. The monoisotopic (exact) mass is 272 g/mol. The van der Waals surface area contributed by atoms with Crippen molar-refractivity contribution in [2.45, 2.75) is 27.4 Å². The van der Waals surface area contributed by atoms with Crippen molar-refractivity contribution < 1.29 is 4.74 Å². The largest absolute Gasteiger partial charge is 0.378 e. The molecule has 1 heterocycles. The van der Waals surface area contributed by atoms with E-state index in [4.69, 9.17) is 10.6 Å². The summed E-state index contributed by atoms with van der Waals surface area (Å²) in [6, 6.07) is 6.03. The van der Waals surface area contributed by atoms with E-state index in [1.165, 1.54) is 11.1 Å². The maximum absolute atomic E-state index is 5.47. The lowest BCUT2D eigenvalue weighted by Crippen LogP contribution is -2.11. The fraction of sp³-hybridized carbons (Fsp3) is 0.333. The first kappa shape index (κ1) is 14.4. The van der Waals surface area contributed by atoms with Crippen molar-refractivity contribution in [2.24, 2.45) is 5.84 Å². The molecule has 2 rings (SSSR count). The molecular formula is C15H20N4O. The normalized spacial score (nSPS) is 10.7. The van der Waals surface area contributed by atoms with Crippen LogP contribution in [0.5, 0.6) is 0 Å². The third-order valence-electron chi connectivity index (χ3n) is 3.30. The minimum Gasteiger partial charge on any atom is -0.378 e. The molecule has 106 valence electrons. The third kappa shape index (κ3) is 2.95. The minimum atomic E-state index is 0.425. The highest BCUT2D eigenvalue weighted by molar-refractivity contribution is 5.63. The summed E-state index contributed by atoms with van der Waals surface area (Å²) in [5, 5.41) is 0. The highest BCUT2D eigenvalue weighted by Gasteiger charge is 2.10. The van der Waals surface area contributed by atoms with Gasteiger partial charge in [0.2, 0.25) is 0 Å². The standard InChI is InChI=1S/C15H20N4O/c1-9-5-11(3)13(6-10(9)2)15-17-12(8-20-4)7-14(18-15)19-16/h5-7H,8,16H2,1-4H3,(H,17,18,19). The van der Waals surface area contributed by atoms with Gasteiger partial charge < -0.3 is 10.2 Å². The average Bonchev–Trinajstić information content (AvgIpc) is 2.42. The summed E-state index contributed by atoms with van der Waals surface area (Å²) in [4.78, 5) is 8.97. The Morgan fingerprint density at radius 2 is 1.75 bits per heavy atom. The lowest BCUT2D eigenvalue weighted by atomic mass is 10.0. The second-order valence-electron chi connectivity index (χ2n) is 4.90. The second kappa shape index (κ2) is 5.98. The number of benzene rings is 1. The van der Waals surface area contributed by atoms with E-state index in [1.807, 2.05) is 0 Å². The predicted molar refractivity (Wildman–Crippen MR) is 80.2 cm³/mol. The van der Waals surface area contributed by atoms with Crippen LogP contribution in [0.1, 0.15) is 22.4 Å². The fourth-order valence-corrected chi connectivity index (χ4v) is 2.12. The van der Waals surface area contributed by atoms with Crippen molar-refractivity contribution in [1.82, 2.24) is 9.97 Å². The Bertz CT molecular complexity index is 626. The number of anilines is 1. The number of rotatable bonds is 4. The molecule has 0 aliphatic rings. The fourth-order valence-electron chi connectivity index (χ4n) is 2.12. The number of hydrogen-bond donors (Lipinski definition) is 2. The Balaban J connectivity index is 2.56. The summed E-state index contributed by atoms with van der Waals surface area (Å²) in [5.41, 5.74) is 8.01. The van der Waals surface area contributed by atoms with Gasteiger partial charge in [-0.2, -0.15) is 0 Å². The van der Waals surface area contributed by atoms with E-state index in [9.17, 15) is 0 Å². The van der Waals surface area contributed by atoms with Gasteiger partial charge in [0, 0.05) is 18.7 Å². The molecule has 0 aliphatic heterocycles. The number of nitrogens with one attached hydrogen (secondary N) is 1. The molecule has 5 nitrogen and oxygen atoms in total. The average molecular weight is 272 g/mol. The first-order chi connectivity index (χ1) is 9.55. The zero-order chi connectivity index (χ0) is 14.7. The summed E-state index contributed by atoms with van der Waals surface area (Å²) < 4.78 is 5.13. The second-order valence-corrected chi connectivity index (χ2v) is 4.90. The molecule has 20 heavy (non-hydrogen) atoms. The van der Waals surface area contributed by atoms with Gasteiger partial charge in [0.15, 0.2) is 5.82 Å². The van der Waals surface area contributed by atoms with Gasteiger partial charge >= 0.3 is 0 Å². The molecule has 1 aromatic heterocycles. The SMILES string of the molecule is COCc1cc(NN)nc(-c2cc(C)c(C)cc2C)n1. The van der Waals surface area contributed by atoms with Crippen molar-refractivity contribution in [3.05, 3.63) is 40.6 Å². The molecule has 3 N–H and O–H groups in total. The molecule has 0 fully saturated rings. The molecule has 1 aromatic carbocycles. The highest BCUT2D eigenvalue weighted by atomic mass is 16.5. The van der Waals surface area contributed by atoms with Crippen molar-refractivity contribution >= 4 is 5.82 Å². The predicted octanol–water partition coefficient (Wildman–Crippen LogP) is 2.50. The molecule has 0 amide bonds. The quantitative estimate of drug-likeness (QED) is 0.661. The zero-order valence-electron chi connectivity index (χ0n) is 12.3. The summed E-state index contributed by atoms with van der Waals surface area (Å²) in [7, 11) is 1.64. The van der Waals surface area contributed by atoms with Crippen LogP contribution >= 0.6 is 0 Å². The molecular weight excluding hydrogens is 252 g/mol. The van der Waals surface area contributed by atoms with Crippen LogP contribution in [-0.4, -0.2) is 17.1 Å². The van der Waals surface area contributed by atoms with Gasteiger partial charge in [-0.25, -0.2) is 15.8 Å². The van der Waals surface area contributed by atoms with Crippen LogP contribution in [0.3, 0.4) is 0 Å². The van der Waals surface area contributed by atoms with Crippen molar-refractivity contribution in [3.63, 3.8) is 0 Å². The molecule has 5 heteroatoms. The Labute approximate surface area is 119 Å². The number of aromatic nitrogens is 2. The van der Waals surface area contributed by atoms with E-state index in [0.717, 1.165) is 16.8 Å². The summed E-state index contributed by atoms with van der Waals surface area (Å²) in [5.74, 6) is 6.72. The van der Waals surface area contributed by atoms with Gasteiger partial charge in [-0.1, -0.05) is 6.07 Å². The van der Waals surface area contributed by atoms with E-state index in [-0.39, 0.29) is 0 Å². The number of hydrazine groups is 1. The van der Waals surface area contributed by atoms with Crippen molar-refractivity contribution in [2.75, 3.05) is 12.5 Å². The number of nitrogens with zero attached hydrogens (tertiary/aromatic N) is 2. The molecule has 0 radical (unpaired) electrons. The van der Waals surface area contributed by atoms with E-state index in [0.29, 0.717) is 18.2 Å². The third-order valence-corrected chi connectivity index (χ3v) is 3.30. The summed E-state index contributed by atoms with van der Waals surface area (Å²) in [6.45, 7) is 6.67. The van der Waals surface area contributed by atoms with Gasteiger partial charge in [0.1, 0.15) is 5.82 Å². The smallest absolute Gasteiger partial charge is 0.162 e. The van der Waals surface area contributed by atoms with Crippen LogP contribution in [0.4, 0.5) is 5.82 Å². The Kier molecular flexibility index (Phi) is 4.32. The Morgan fingerprint density at radius 3 is 2.40 bits per heavy atom. The van der Waals surface area contributed by atoms with E-state index in [1.54, 1.807) is 13.2 Å². The van der Waals surface area contributed by atoms with Gasteiger partial charge in [0.05, 0.1) is 12.3 Å². The molecule has 0 aliphatic carbocycles. The van der Waals surface area contributed by atoms with Gasteiger partial charge in [-0.05, 0) is 43.5 Å². The van der Waals surface area contributed by atoms with E-state index >= 15 is 0 Å². The van der Waals surface area contributed by atoms with Crippen LogP contribution < -0.4 is 11.3 Å². The minimum absolute atomic E-state index is 0.425. The topological polar surface area (TPSA) is 73.1 Å². The number of aryl methyl sites for hydroxylation is 3. The maximum atomic E-state index is 5.47. The number of nitrogens with two attached hydrogens (primary N) is 1. The van der Waals surface area contributed by atoms with Crippen molar-refractivity contribution in [1.29, 1.82) is 0 Å². The number of hydrogen-bond acceptors (Lipinski definition) is 5. The van der Waals surface area contributed by atoms with Gasteiger partial charge in [0.25, 0.3) is 0 Å². The highest BCUT2D eigenvalue weighted by Crippen LogP contribution is 2.25. The number of nitrogen functional groups attached to an aromatic ring is 1. The summed E-state index contributed by atoms with van der Waals surface area (Å²) >= 11 is 0. The van der Waals surface area contributed by atoms with Crippen molar-refractivity contribution in [3.8, 4) is 11.4 Å². The Hall–Kier alpha value is -1.98. The van der Waals surface area contributed by atoms with Crippen LogP contribution in [0.25, 0.3) is 11.4 Å². The lowest BCUT2D eigenvalue weighted by Gasteiger charge is -2.11. The number of ether oxygens (including phenoxy) is 1. The van der Waals surface area contributed by atoms with Gasteiger partial charge in [-0.3, -0.25) is 0 Å².